The Labute approximate surface area is 366 Å². The van der Waals surface area contributed by atoms with Crippen molar-refractivity contribution in [2.24, 2.45) is 22.7 Å². The highest BCUT2D eigenvalue weighted by Crippen LogP contribution is 2.64. The minimum Gasteiger partial charge on any atom is -0.455 e. The highest BCUT2D eigenvalue weighted by atomic mass is 16.4. The summed E-state index contributed by atoms with van der Waals surface area (Å²) in [5, 5.41) is 26.7. The van der Waals surface area contributed by atoms with Crippen molar-refractivity contribution in [3.8, 4) is 0 Å². The zero-order valence-corrected chi connectivity index (χ0v) is 37.0. The summed E-state index contributed by atoms with van der Waals surface area (Å²) in [6.45, 7) is 13.4. The number of aliphatic hydroxyl groups is 1. The molecule has 4 N–H and O–H groups in total. The maximum atomic E-state index is 14.5. The molecule has 5 unspecified atom stereocenters. The molecule has 3 aliphatic rings. The van der Waals surface area contributed by atoms with E-state index >= 15 is 0 Å². The van der Waals surface area contributed by atoms with Crippen molar-refractivity contribution < 1.29 is 33.0 Å². The summed E-state index contributed by atoms with van der Waals surface area (Å²) in [4.78, 5) is 53.2. The van der Waals surface area contributed by atoms with E-state index in [0.29, 0.717) is 66.8 Å². The molecule has 6 aromatic rings. The molecule has 5 atom stereocenters. The number of H-pyrrole nitrogens is 1. The van der Waals surface area contributed by atoms with Crippen molar-refractivity contribution in [3.05, 3.63) is 96.0 Å². The molecule has 9 rings (SSSR count). The summed E-state index contributed by atoms with van der Waals surface area (Å²) < 4.78 is 16.0. The molecule has 2 saturated carbocycles. The van der Waals surface area contributed by atoms with Crippen LogP contribution in [0.5, 0.6) is 0 Å². The molecule has 1 aliphatic heterocycles. The van der Waals surface area contributed by atoms with Crippen LogP contribution in [-0.4, -0.2) is 97.2 Å². The number of furan rings is 2. The zero-order valence-electron chi connectivity index (χ0n) is 37.0. The van der Waals surface area contributed by atoms with E-state index in [4.69, 9.17) is 8.83 Å². The van der Waals surface area contributed by atoms with E-state index < -0.39 is 6.23 Å². The zero-order chi connectivity index (χ0) is 44.2. The molecule has 1 spiro atoms. The number of aromatic amines is 1. The number of hydrogen-bond acceptors (Lipinski definition) is 10. The fourth-order valence-electron chi connectivity index (χ4n) is 10.6. The van der Waals surface area contributed by atoms with Gasteiger partial charge in [-0.1, -0.05) is 20.8 Å². The predicted octanol–water partition coefficient (Wildman–Crippen LogP) is 6.17. The second-order valence-electron chi connectivity index (χ2n) is 18.6. The van der Waals surface area contributed by atoms with Crippen LogP contribution in [0.15, 0.2) is 76.3 Å². The fraction of sp³-hybridized carbons (Fsp3) is 0.511. The number of likely N-dealkylation sites (tertiary alicyclic amines) is 1. The van der Waals surface area contributed by atoms with Crippen molar-refractivity contribution >= 4 is 39.7 Å². The van der Waals surface area contributed by atoms with Gasteiger partial charge in [-0.15, -0.1) is 9.36 Å². The number of aromatic nitrogens is 6. The molecule has 7 heterocycles. The van der Waals surface area contributed by atoms with Crippen LogP contribution in [0.1, 0.15) is 134 Å². The second-order valence-corrected chi connectivity index (χ2v) is 18.6. The van der Waals surface area contributed by atoms with Gasteiger partial charge in [0.05, 0.1) is 35.9 Å². The average molecular weight is 860 g/mol. The van der Waals surface area contributed by atoms with Gasteiger partial charge < -0.3 is 29.1 Å². The topological polar surface area (TPSA) is 192 Å². The summed E-state index contributed by atoms with van der Waals surface area (Å²) in [6, 6.07) is 9.18. The maximum Gasteiger partial charge on any atom is 0.287 e. The standard InChI is InChI=1S/C47H58N10O6/c1-7-47(13-17-54(6)44(60)33-24-52-53-40(33)28(2)3)34(25-51-43(59)37-21-31-9-15-49-27-39(31)63-37)41(47)56-16-10-35(57(56)29(4)5)45(61)55-18-11-46(12-19-55)22-32(46)23-50-42(58)36-20-30-8-14-48-26-38(30)62-36/h8-10,14-16,20-21,24,26-29,32,34,41,43,51,59H,7,11-13,17-19,22-23,25H2,1-6H3,(H-,50,52,53,58,60)/p+1. The monoisotopic (exact) mass is 859 g/mol. The number of nitrogens with one attached hydrogen (secondary N) is 3. The first-order valence-electron chi connectivity index (χ1n) is 22.4. The third-order valence-electron chi connectivity index (χ3n) is 14.5. The second kappa shape index (κ2) is 16.7. The molecule has 63 heavy (non-hydrogen) atoms. The summed E-state index contributed by atoms with van der Waals surface area (Å²) in [6.07, 6.45) is 13.6. The van der Waals surface area contributed by atoms with Crippen LogP contribution >= 0.6 is 0 Å². The van der Waals surface area contributed by atoms with Crippen molar-refractivity contribution in [3.63, 3.8) is 0 Å². The first-order valence-corrected chi connectivity index (χ1v) is 22.4. The van der Waals surface area contributed by atoms with Gasteiger partial charge in [0.25, 0.3) is 17.7 Å². The number of fused-ring (bicyclic) bond motifs is 2. The summed E-state index contributed by atoms with van der Waals surface area (Å²) in [5.41, 5.74) is 3.13. The molecular formula is C47H59N10O6+. The van der Waals surface area contributed by atoms with Crippen LogP contribution in [-0.2, 0) is 0 Å². The number of carbonyl (C=O) groups is 3. The highest BCUT2D eigenvalue weighted by molar-refractivity contribution is 5.96. The van der Waals surface area contributed by atoms with Crippen molar-refractivity contribution in [1.29, 1.82) is 0 Å². The van der Waals surface area contributed by atoms with E-state index in [1.54, 1.807) is 42.0 Å². The Kier molecular flexibility index (Phi) is 11.2. The maximum absolute atomic E-state index is 14.5. The SMILES string of the molecule is CCC1(CCN(C)C(=O)c2cn[nH]c2C(C)C)C(CNC(O)c2cc3ccncc3o2)C1[n+]1ccc(C(=O)N2CCC3(CC2)CC3CNC(=O)c2cc3ccncc3o2)n1C(C)C. The van der Waals surface area contributed by atoms with Gasteiger partial charge >= 0.3 is 0 Å². The van der Waals surface area contributed by atoms with Crippen LogP contribution in [0.25, 0.3) is 21.9 Å². The van der Waals surface area contributed by atoms with E-state index in [-0.39, 0.29) is 58.2 Å². The van der Waals surface area contributed by atoms with Gasteiger partial charge in [0.2, 0.25) is 0 Å². The number of amides is 3. The highest BCUT2D eigenvalue weighted by Gasteiger charge is 2.71. The number of hydrogen-bond donors (Lipinski definition) is 4. The van der Waals surface area contributed by atoms with Crippen LogP contribution in [0.3, 0.4) is 0 Å². The minimum absolute atomic E-state index is 0.0146. The molecule has 1 saturated heterocycles. The Morgan fingerprint density at radius 3 is 2.38 bits per heavy atom. The third kappa shape index (κ3) is 7.81. The van der Waals surface area contributed by atoms with Gasteiger partial charge in [-0.25, -0.2) is 0 Å². The van der Waals surface area contributed by atoms with Crippen molar-refractivity contribution in [2.75, 3.05) is 39.8 Å². The molecule has 332 valence electrons. The molecule has 3 amide bonds. The average Bonchev–Trinajstić information content (AvgIpc) is 3.71. The van der Waals surface area contributed by atoms with Gasteiger partial charge in [0.15, 0.2) is 41.1 Å². The fourth-order valence-corrected chi connectivity index (χ4v) is 10.6. The minimum atomic E-state index is -1.04. The molecular weight excluding hydrogens is 801 g/mol. The van der Waals surface area contributed by atoms with E-state index in [0.717, 1.165) is 48.6 Å². The number of aliphatic hydroxyl groups excluding tert-OH is 1. The van der Waals surface area contributed by atoms with Crippen LogP contribution in [0, 0.1) is 22.7 Å². The number of piperidine rings is 1. The van der Waals surface area contributed by atoms with Gasteiger partial charge in [-0.05, 0) is 87.5 Å². The van der Waals surface area contributed by atoms with Crippen LogP contribution in [0.4, 0.5) is 0 Å². The largest absolute Gasteiger partial charge is 0.455 e. The van der Waals surface area contributed by atoms with E-state index in [1.165, 1.54) is 0 Å². The lowest BCUT2D eigenvalue weighted by Crippen LogP contribution is -2.48. The van der Waals surface area contributed by atoms with Gasteiger partial charge in [0.1, 0.15) is 5.76 Å². The van der Waals surface area contributed by atoms with Crippen molar-refractivity contribution in [2.45, 2.75) is 91.0 Å². The van der Waals surface area contributed by atoms with E-state index in [9.17, 15) is 19.5 Å². The Hall–Kier alpha value is -5.87. The number of pyridine rings is 2. The normalized spacial score (nSPS) is 22.0. The van der Waals surface area contributed by atoms with Gasteiger partial charge in [0, 0.05) is 80.3 Å². The van der Waals surface area contributed by atoms with Crippen LogP contribution < -0.4 is 15.3 Å². The van der Waals surface area contributed by atoms with Crippen molar-refractivity contribution in [1.82, 2.24) is 45.3 Å². The molecule has 3 fully saturated rings. The Morgan fingerprint density at radius 2 is 1.71 bits per heavy atom. The Bertz CT molecular complexity index is 2570. The lowest BCUT2D eigenvalue weighted by molar-refractivity contribution is -0.787. The first kappa shape index (κ1) is 42.4. The summed E-state index contributed by atoms with van der Waals surface area (Å²) in [7, 11) is 1.84. The van der Waals surface area contributed by atoms with Gasteiger partial charge in [-0.3, -0.25) is 34.8 Å². The molecule has 0 aromatic carbocycles. The molecule has 0 radical (unpaired) electrons. The Balaban J connectivity index is 0.892. The lowest BCUT2D eigenvalue weighted by atomic mass is 9.90. The Morgan fingerprint density at radius 1 is 1.00 bits per heavy atom. The number of nitrogens with zero attached hydrogens (tertiary/aromatic N) is 7. The molecule has 16 nitrogen and oxygen atoms in total. The molecule has 6 aromatic heterocycles. The number of rotatable bonds is 16. The molecule has 2 aliphatic carbocycles. The van der Waals surface area contributed by atoms with E-state index in [2.05, 4.69) is 60.9 Å². The summed E-state index contributed by atoms with van der Waals surface area (Å²) >= 11 is 0. The lowest BCUT2D eigenvalue weighted by Gasteiger charge is -2.33. The van der Waals surface area contributed by atoms with Crippen LogP contribution in [0.2, 0.25) is 0 Å². The molecule has 0 bridgehead atoms. The number of carbonyl (C=O) groups excluding carboxylic acids is 3. The van der Waals surface area contributed by atoms with Gasteiger partial charge in [-0.2, -0.15) is 5.10 Å². The predicted molar refractivity (Wildman–Crippen MR) is 234 cm³/mol. The first-order chi connectivity index (χ1) is 30.3. The molecule has 16 heteroatoms. The summed E-state index contributed by atoms with van der Waals surface area (Å²) in [5.74, 6) is 0.982. The third-order valence-corrected chi connectivity index (χ3v) is 14.5. The van der Waals surface area contributed by atoms with E-state index in [1.807, 2.05) is 56.3 Å². The smallest absolute Gasteiger partial charge is 0.287 e. The quantitative estimate of drug-likeness (QED) is 0.0647.